The highest BCUT2D eigenvalue weighted by Gasteiger charge is 2.44. The van der Waals surface area contributed by atoms with E-state index in [2.05, 4.69) is 0 Å². The Labute approximate surface area is 103 Å². The topological polar surface area (TPSA) is 35.2 Å². The summed E-state index contributed by atoms with van der Waals surface area (Å²) in [5.74, 6) is -3.83. The van der Waals surface area contributed by atoms with Gasteiger partial charge in [0.1, 0.15) is 0 Å². The highest BCUT2D eigenvalue weighted by Crippen LogP contribution is 2.44. The molecule has 0 spiro atoms. The van der Waals surface area contributed by atoms with Gasteiger partial charge in [0.25, 0.3) is 0 Å². The van der Waals surface area contributed by atoms with Crippen LogP contribution in [0.4, 0.5) is 13.2 Å². The molecule has 2 bridgehead atoms. The van der Waals surface area contributed by atoms with Crippen molar-refractivity contribution in [3.05, 3.63) is 35.1 Å². The first-order valence-electron chi connectivity index (χ1n) is 6.12. The van der Waals surface area contributed by atoms with Gasteiger partial charge in [-0.15, -0.1) is 0 Å². The molecule has 2 saturated heterocycles. The second-order valence-electron chi connectivity index (χ2n) is 5.06. The van der Waals surface area contributed by atoms with Crippen LogP contribution in [0.15, 0.2) is 12.1 Å². The van der Waals surface area contributed by atoms with Crippen molar-refractivity contribution in [2.75, 3.05) is 0 Å². The Morgan fingerprint density at radius 3 is 2.56 bits per heavy atom. The molecule has 0 aromatic heterocycles. The summed E-state index contributed by atoms with van der Waals surface area (Å²) < 4.78 is 45.4. The van der Waals surface area contributed by atoms with Gasteiger partial charge in [-0.3, -0.25) is 0 Å². The molecule has 18 heavy (non-hydrogen) atoms. The van der Waals surface area contributed by atoms with E-state index in [9.17, 15) is 13.2 Å². The highest BCUT2D eigenvalue weighted by molar-refractivity contribution is 5.25. The lowest BCUT2D eigenvalue weighted by Gasteiger charge is -2.25. The van der Waals surface area contributed by atoms with Crippen molar-refractivity contribution in [2.24, 2.45) is 11.7 Å². The molecule has 2 nitrogen and oxygen atoms in total. The third-order valence-corrected chi connectivity index (χ3v) is 4.04. The van der Waals surface area contributed by atoms with E-state index >= 15 is 0 Å². The van der Waals surface area contributed by atoms with Gasteiger partial charge in [0.05, 0.1) is 12.2 Å². The van der Waals surface area contributed by atoms with Gasteiger partial charge in [0, 0.05) is 17.5 Å². The number of halogens is 3. The summed E-state index contributed by atoms with van der Waals surface area (Å²) in [5.41, 5.74) is 6.03. The minimum Gasteiger partial charge on any atom is -0.375 e. The number of benzene rings is 1. The Kier molecular flexibility index (Phi) is 2.83. The Morgan fingerprint density at radius 1 is 1.17 bits per heavy atom. The van der Waals surface area contributed by atoms with Crippen LogP contribution in [0.5, 0.6) is 0 Å². The highest BCUT2D eigenvalue weighted by atomic mass is 19.2. The quantitative estimate of drug-likeness (QED) is 0.827. The summed E-state index contributed by atoms with van der Waals surface area (Å²) in [4.78, 5) is 0. The minimum absolute atomic E-state index is 0.0110. The lowest BCUT2D eigenvalue weighted by molar-refractivity contribution is 0.0882. The van der Waals surface area contributed by atoms with Gasteiger partial charge >= 0.3 is 0 Å². The Morgan fingerprint density at radius 2 is 1.94 bits per heavy atom. The second-order valence-corrected chi connectivity index (χ2v) is 5.06. The van der Waals surface area contributed by atoms with E-state index < -0.39 is 23.5 Å². The fourth-order valence-corrected chi connectivity index (χ4v) is 3.08. The summed E-state index contributed by atoms with van der Waals surface area (Å²) in [6.07, 6.45) is 2.91. The van der Waals surface area contributed by atoms with Crippen molar-refractivity contribution < 1.29 is 17.9 Å². The smallest absolute Gasteiger partial charge is 0.194 e. The maximum atomic E-state index is 13.7. The van der Waals surface area contributed by atoms with E-state index in [0.717, 1.165) is 25.3 Å². The first-order valence-corrected chi connectivity index (χ1v) is 6.12. The van der Waals surface area contributed by atoms with Crippen LogP contribution in [0.25, 0.3) is 0 Å². The van der Waals surface area contributed by atoms with Gasteiger partial charge in [0.2, 0.25) is 0 Å². The monoisotopic (exact) mass is 257 g/mol. The summed E-state index contributed by atoms with van der Waals surface area (Å²) in [7, 11) is 0. The summed E-state index contributed by atoms with van der Waals surface area (Å²) in [6.45, 7) is 0. The second kappa shape index (κ2) is 4.24. The number of fused-ring (bicyclic) bond motifs is 2. The van der Waals surface area contributed by atoms with E-state index in [1.54, 1.807) is 0 Å². The van der Waals surface area contributed by atoms with Crippen molar-refractivity contribution in [1.29, 1.82) is 0 Å². The van der Waals surface area contributed by atoms with Gasteiger partial charge in [-0.25, -0.2) is 13.2 Å². The minimum atomic E-state index is -1.45. The lowest BCUT2D eigenvalue weighted by Crippen LogP contribution is -2.30. The standard InChI is InChI=1S/C13H14F3NO/c14-9-3-2-7(11(15)12(9)16)13(17)8-5-6-1-4-10(8)18-6/h2-3,6,8,10,13H,1,4-5,17H2. The van der Waals surface area contributed by atoms with E-state index in [-0.39, 0.29) is 23.7 Å². The average Bonchev–Trinajstić information content (AvgIpc) is 2.97. The first-order chi connectivity index (χ1) is 8.58. The molecule has 0 radical (unpaired) electrons. The van der Waals surface area contributed by atoms with E-state index in [4.69, 9.17) is 10.5 Å². The molecule has 2 N–H and O–H groups in total. The molecule has 0 amide bonds. The molecule has 4 unspecified atom stereocenters. The Hall–Kier alpha value is -1.07. The Balaban J connectivity index is 1.89. The molecule has 2 heterocycles. The van der Waals surface area contributed by atoms with Crippen LogP contribution in [0.2, 0.25) is 0 Å². The van der Waals surface area contributed by atoms with Crippen molar-refractivity contribution in [3.63, 3.8) is 0 Å². The van der Waals surface area contributed by atoms with Crippen LogP contribution >= 0.6 is 0 Å². The lowest BCUT2D eigenvalue weighted by atomic mass is 9.81. The van der Waals surface area contributed by atoms with E-state index in [1.807, 2.05) is 0 Å². The maximum Gasteiger partial charge on any atom is 0.194 e. The molecule has 0 aliphatic carbocycles. The van der Waals surface area contributed by atoms with Gasteiger partial charge in [-0.2, -0.15) is 0 Å². The van der Waals surface area contributed by atoms with Crippen molar-refractivity contribution in [3.8, 4) is 0 Å². The predicted molar refractivity (Wildman–Crippen MR) is 59.2 cm³/mol. The summed E-state index contributed by atoms with van der Waals surface area (Å²) in [5, 5.41) is 0. The molecule has 2 aliphatic heterocycles. The van der Waals surface area contributed by atoms with Crippen LogP contribution < -0.4 is 5.73 Å². The molecule has 1 aromatic carbocycles. The van der Waals surface area contributed by atoms with Crippen LogP contribution in [0.1, 0.15) is 30.9 Å². The number of hydrogen-bond donors (Lipinski definition) is 1. The van der Waals surface area contributed by atoms with Crippen molar-refractivity contribution in [2.45, 2.75) is 37.5 Å². The van der Waals surface area contributed by atoms with Crippen LogP contribution in [0.3, 0.4) is 0 Å². The van der Waals surface area contributed by atoms with Gasteiger partial charge < -0.3 is 10.5 Å². The molecular weight excluding hydrogens is 243 g/mol. The number of rotatable bonds is 2. The molecule has 3 rings (SSSR count). The Bertz CT molecular complexity index is 480. The van der Waals surface area contributed by atoms with E-state index in [0.29, 0.717) is 0 Å². The van der Waals surface area contributed by atoms with Crippen LogP contribution in [-0.4, -0.2) is 12.2 Å². The third-order valence-electron chi connectivity index (χ3n) is 4.04. The fourth-order valence-electron chi connectivity index (χ4n) is 3.08. The molecule has 98 valence electrons. The van der Waals surface area contributed by atoms with Crippen LogP contribution in [0, 0.1) is 23.4 Å². The first kappa shape index (κ1) is 12.0. The zero-order valence-corrected chi connectivity index (χ0v) is 9.70. The molecule has 2 fully saturated rings. The molecule has 4 atom stereocenters. The number of nitrogens with two attached hydrogens (primary N) is 1. The zero-order chi connectivity index (χ0) is 12.9. The number of hydrogen-bond acceptors (Lipinski definition) is 2. The zero-order valence-electron chi connectivity index (χ0n) is 9.70. The van der Waals surface area contributed by atoms with Crippen LogP contribution in [-0.2, 0) is 4.74 Å². The van der Waals surface area contributed by atoms with Gasteiger partial charge in [-0.05, 0) is 25.3 Å². The number of ether oxygens (including phenoxy) is 1. The maximum absolute atomic E-state index is 13.7. The van der Waals surface area contributed by atoms with Gasteiger partial charge in [-0.1, -0.05) is 6.07 Å². The van der Waals surface area contributed by atoms with Crippen molar-refractivity contribution >= 4 is 0 Å². The summed E-state index contributed by atoms with van der Waals surface area (Å²) >= 11 is 0. The predicted octanol–water partition coefficient (Wildman–Crippen LogP) is 2.67. The molecule has 0 saturated carbocycles. The fraction of sp³-hybridized carbons (Fsp3) is 0.538. The van der Waals surface area contributed by atoms with E-state index in [1.165, 1.54) is 6.07 Å². The SMILES string of the molecule is NC(c1ccc(F)c(F)c1F)C1CC2CCC1O2. The largest absolute Gasteiger partial charge is 0.375 e. The normalized spacial score (nSPS) is 31.9. The average molecular weight is 257 g/mol. The molecular formula is C13H14F3NO. The van der Waals surface area contributed by atoms with Gasteiger partial charge in [0.15, 0.2) is 17.5 Å². The summed E-state index contributed by atoms with van der Waals surface area (Å²) in [6, 6.07) is 1.50. The third kappa shape index (κ3) is 1.73. The molecule has 5 heteroatoms. The molecule has 2 aliphatic rings. The molecule has 1 aromatic rings. The van der Waals surface area contributed by atoms with Crippen molar-refractivity contribution in [1.82, 2.24) is 0 Å².